The SMILES string of the molecule is CCNC(CSc1ccc(Br)cc1)c1cc(F)ccc1C. The third kappa shape index (κ3) is 4.83. The standard InChI is InChI=1S/C17H19BrFNS/c1-3-20-17(16-10-14(19)7-4-12(16)2)11-21-15-8-5-13(18)6-9-15/h4-10,17,20H,3,11H2,1-2H3. The summed E-state index contributed by atoms with van der Waals surface area (Å²) in [5.41, 5.74) is 2.17. The van der Waals surface area contributed by atoms with Gasteiger partial charge in [0.15, 0.2) is 0 Å². The molecule has 0 aromatic heterocycles. The first-order valence-corrected chi connectivity index (χ1v) is 8.76. The molecule has 1 nitrogen and oxygen atoms in total. The Morgan fingerprint density at radius 3 is 2.57 bits per heavy atom. The fraction of sp³-hybridized carbons (Fsp3) is 0.294. The Balaban J connectivity index is 2.11. The van der Waals surface area contributed by atoms with E-state index in [-0.39, 0.29) is 11.9 Å². The van der Waals surface area contributed by atoms with Crippen LogP contribution < -0.4 is 5.32 Å². The van der Waals surface area contributed by atoms with Crippen LogP contribution in [0, 0.1) is 12.7 Å². The van der Waals surface area contributed by atoms with Gasteiger partial charge in [-0.1, -0.05) is 28.9 Å². The van der Waals surface area contributed by atoms with Crippen molar-refractivity contribution in [1.29, 1.82) is 0 Å². The van der Waals surface area contributed by atoms with Crippen LogP contribution in [-0.4, -0.2) is 12.3 Å². The molecule has 1 atom stereocenters. The van der Waals surface area contributed by atoms with Gasteiger partial charge in [0.25, 0.3) is 0 Å². The molecule has 0 aliphatic carbocycles. The molecule has 0 aliphatic heterocycles. The molecule has 0 spiro atoms. The molecule has 4 heteroatoms. The molecule has 0 heterocycles. The van der Waals surface area contributed by atoms with Gasteiger partial charge >= 0.3 is 0 Å². The van der Waals surface area contributed by atoms with Crippen molar-refractivity contribution < 1.29 is 4.39 Å². The van der Waals surface area contributed by atoms with Crippen LogP contribution in [0.1, 0.15) is 24.1 Å². The number of halogens is 2. The van der Waals surface area contributed by atoms with E-state index < -0.39 is 0 Å². The lowest BCUT2D eigenvalue weighted by Crippen LogP contribution is -2.23. The predicted molar refractivity (Wildman–Crippen MR) is 92.4 cm³/mol. The van der Waals surface area contributed by atoms with Crippen molar-refractivity contribution in [2.24, 2.45) is 0 Å². The van der Waals surface area contributed by atoms with Crippen molar-refractivity contribution >= 4 is 27.7 Å². The zero-order valence-electron chi connectivity index (χ0n) is 12.2. The Bertz CT molecular complexity index is 586. The molecule has 21 heavy (non-hydrogen) atoms. The van der Waals surface area contributed by atoms with Crippen LogP contribution in [0.5, 0.6) is 0 Å². The molecule has 2 aromatic rings. The highest BCUT2D eigenvalue weighted by atomic mass is 79.9. The average molecular weight is 368 g/mol. The first-order valence-electron chi connectivity index (χ1n) is 6.98. The van der Waals surface area contributed by atoms with E-state index in [4.69, 9.17) is 0 Å². The first kappa shape index (κ1) is 16.5. The second kappa shape index (κ2) is 7.97. The van der Waals surface area contributed by atoms with Gasteiger partial charge < -0.3 is 5.32 Å². The zero-order valence-corrected chi connectivity index (χ0v) is 14.6. The molecule has 0 bridgehead atoms. The third-order valence-corrected chi connectivity index (χ3v) is 4.93. The lowest BCUT2D eigenvalue weighted by Gasteiger charge is -2.20. The average Bonchev–Trinajstić information content (AvgIpc) is 2.48. The Hall–Kier alpha value is -0.840. The van der Waals surface area contributed by atoms with Crippen LogP contribution in [0.2, 0.25) is 0 Å². The van der Waals surface area contributed by atoms with Gasteiger partial charge in [-0.15, -0.1) is 11.8 Å². The fourth-order valence-electron chi connectivity index (χ4n) is 2.20. The van der Waals surface area contributed by atoms with Crippen LogP contribution in [0.15, 0.2) is 51.8 Å². The summed E-state index contributed by atoms with van der Waals surface area (Å²) >= 11 is 5.22. The van der Waals surface area contributed by atoms with E-state index in [2.05, 4.69) is 40.3 Å². The highest BCUT2D eigenvalue weighted by Crippen LogP contribution is 2.27. The Kier molecular flexibility index (Phi) is 6.27. The molecule has 1 unspecified atom stereocenters. The molecule has 0 aliphatic rings. The molecule has 0 radical (unpaired) electrons. The van der Waals surface area contributed by atoms with E-state index in [0.717, 1.165) is 27.9 Å². The molecule has 0 fully saturated rings. The largest absolute Gasteiger partial charge is 0.309 e. The monoisotopic (exact) mass is 367 g/mol. The van der Waals surface area contributed by atoms with E-state index in [0.29, 0.717) is 0 Å². The quantitative estimate of drug-likeness (QED) is 0.691. The summed E-state index contributed by atoms with van der Waals surface area (Å²) in [5.74, 6) is 0.701. The van der Waals surface area contributed by atoms with Gasteiger partial charge in [0, 0.05) is 21.2 Å². The van der Waals surface area contributed by atoms with Crippen LogP contribution in [0.25, 0.3) is 0 Å². The normalized spacial score (nSPS) is 12.4. The molecular weight excluding hydrogens is 349 g/mol. The van der Waals surface area contributed by atoms with Crippen molar-refractivity contribution in [2.75, 3.05) is 12.3 Å². The summed E-state index contributed by atoms with van der Waals surface area (Å²) < 4.78 is 14.6. The Labute approximate surface area is 138 Å². The molecule has 1 N–H and O–H groups in total. The topological polar surface area (TPSA) is 12.0 Å². The minimum atomic E-state index is -0.174. The van der Waals surface area contributed by atoms with Crippen molar-refractivity contribution in [3.63, 3.8) is 0 Å². The maximum Gasteiger partial charge on any atom is 0.123 e. The molecule has 112 valence electrons. The second-order valence-electron chi connectivity index (χ2n) is 4.88. The third-order valence-electron chi connectivity index (χ3n) is 3.30. The highest BCUT2D eigenvalue weighted by Gasteiger charge is 2.14. The number of thioether (sulfide) groups is 1. The summed E-state index contributed by atoms with van der Waals surface area (Å²) in [5, 5.41) is 3.45. The predicted octanol–water partition coefficient (Wildman–Crippen LogP) is 5.34. The van der Waals surface area contributed by atoms with E-state index in [1.54, 1.807) is 17.8 Å². The molecule has 0 amide bonds. The summed E-state index contributed by atoms with van der Waals surface area (Å²) in [6.07, 6.45) is 0. The molecule has 2 aromatic carbocycles. The number of aryl methyl sites for hydroxylation is 1. The minimum Gasteiger partial charge on any atom is -0.309 e. The minimum absolute atomic E-state index is 0.152. The first-order chi connectivity index (χ1) is 10.1. The summed E-state index contributed by atoms with van der Waals surface area (Å²) in [6.45, 7) is 4.97. The van der Waals surface area contributed by atoms with Gasteiger partial charge in [-0.2, -0.15) is 0 Å². The summed E-state index contributed by atoms with van der Waals surface area (Å²) in [4.78, 5) is 1.22. The van der Waals surface area contributed by atoms with Crippen molar-refractivity contribution in [2.45, 2.75) is 24.8 Å². The smallest absolute Gasteiger partial charge is 0.123 e. The molecule has 0 saturated heterocycles. The van der Waals surface area contributed by atoms with Gasteiger partial charge in [0.2, 0.25) is 0 Å². The highest BCUT2D eigenvalue weighted by molar-refractivity contribution is 9.10. The number of hydrogen-bond acceptors (Lipinski definition) is 2. The van der Waals surface area contributed by atoms with E-state index in [9.17, 15) is 4.39 Å². The lowest BCUT2D eigenvalue weighted by molar-refractivity contribution is 0.586. The van der Waals surface area contributed by atoms with E-state index >= 15 is 0 Å². The van der Waals surface area contributed by atoms with Crippen LogP contribution in [-0.2, 0) is 0 Å². The molecule has 0 saturated carbocycles. The molecular formula is C17H19BrFNS. The number of rotatable bonds is 6. The number of nitrogens with one attached hydrogen (secondary N) is 1. The maximum absolute atomic E-state index is 13.5. The Morgan fingerprint density at radius 1 is 1.19 bits per heavy atom. The fourth-order valence-corrected chi connectivity index (χ4v) is 3.45. The van der Waals surface area contributed by atoms with Crippen molar-refractivity contribution in [3.8, 4) is 0 Å². The van der Waals surface area contributed by atoms with E-state index in [1.165, 1.54) is 11.0 Å². The molecule has 2 rings (SSSR count). The van der Waals surface area contributed by atoms with E-state index in [1.807, 2.05) is 25.1 Å². The maximum atomic E-state index is 13.5. The van der Waals surface area contributed by atoms with Crippen molar-refractivity contribution in [3.05, 3.63) is 63.9 Å². The number of benzene rings is 2. The van der Waals surface area contributed by atoms with Gasteiger partial charge in [0.05, 0.1) is 0 Å². The lowest BCUT2D eigenvalue weighted by atomic mass is 10.0. The van der Waals surface area contributed by atoms with Gasteiger partial charge in [-0.3, -0.25) is 0 Å². The van der Waals surface area contributed by atoms with Crippen molar-refractivity contribution in [1.82, 2.24) is 5.32 Å². The summed E-state index contributed by atoms with van der Waals surface area (Å²) in [6, 6.07) is 13.4. The van der Waals surface area contributed by atoms with Crippen LogP contribution >= 0.6 is 27.7 Å². The van der Waals surface area contributed by atoms with Gasteiger partial charge in [0.1, 0.15) is 5.82 Å². The van der Waals surface area contributed by atoms with Gasteiger partial charge in [-0.05, 0) is 61.0 Å². The van der Waals surface area contributed by atoms with Gasteiger partial charge in [-0.25, -0.2) is 4.39 Å². The summed E-state index contributed by atoms with van der Waals surface area (Å²) in [7, 11) is 0. The Morgan fingerprint density at radius 2 is 1.90 bits per heavy atom. The van der Waals surface area contributed by atoms with Crippen LogP contribution in [0.3, 0.4) is 0 Å². The number of hydrogen-bond donors (Lipinski definition) is 1. The second-order valence-corrected chi connectivity index (χ2v) is 6.89. The van der Waals surface area contributed by atoms with Crippen LogP contribution in [0.4, 0.5) is 4.39 Å². The zero-order chi connectivity index (χ0) is 15.2.